The summed E-state index contributed by atoms with van der Waals surface area (Å²) in [5.41, 5.74) is 3.52. The Morgan fingerprint density at radius 3 is 2.36 bits per heavy atom. The highest BCUT2D eigenvalue weighted by Crippen LogP contribution is 2.25. The summed E-state index contributed by atoms with van der Waals surface area (Å²) in [7, 11) is -3.90. The van der Waals surface area contributed by atoms with Crippen molar-refractivity contribution in [3.63, 3.8) is 0 Å². The number of nitrogens with zero attached hydrogens (tertiary/aromatic N) is 1. The van der Waals surface area contributed by atoms with E-state index < -0.39 is 10.0 Å². The van der Waals surface area contributed by atoms with E-state index in [1.807, 2.05) is 44.2 Å². The van der Waals surface area contributed by atoms with E-state index in [2.05, 4.69) is 5.32 Å². The Hall–Kier alpha value is -2.48. The van der Waals surface area contributed by atoms with Gasteiger partial charge >= 0.3 is 0 Å². The molecule has 0 atom stereocenters. The third-order valence-electron chi connectivity index (χ3n) is 5.18. The van der Waals surface area contributed by atoms with Crippen LogP contribution in [0.2, 0.25) is 5.02 Å². The molecule has 3 aromatic rings. The summed E-state index contributed by atoms with van der Waals surface area (Å²) in [4.78, 5) is 12.8. The average molecular weight is 503 g/mol. The molecule has 0 bridgehead atoms. The van der Waals surface area contributed by atoms with Gasteiger partial charge in [0.15, 0.2) is 0 Å². The molecule has 0 heterocycles. The van der Waals surface area contributed by atoms with E-state index in [0.717, 1.165) is 27.5 Å². The molecule has 174 valence electrons. The summed E-state index contributed by atoms with van der Waals surface area (Å²) in [5, 5.41) is 3.56. The summed E-state index contributed by atoms with van der Waals surface area (Å²) in [6.45, 7) is 4.01. The van der Waals surface area contributed by atoms with Crippen LogP contribution in [-0.2, 0) is 20.6 Å². The Morgan fingerprint density at radius 2 is 1.67 bits per heavy atom. The molecule has 0 spiro atoms. The fourth-order valence-electron chi connectivity index (χ4n) is 3.16. The first kappa shape index (κ1) is 25.1. The molecule has 1 N–H and O–H groups in total. The lowest BCUT2D eigenvalue weighted by Gasteiger charge is -2.24. The molecule has 0 radical (unpaired) electrons. The summed E-state index contributed by atoms with van der Waals surface area (Å²) in [5.74, 6) is 1.07. The van der Waals surface area contributed by atoms with E-state index in [4.69, 9.17) is 11.6 Å². The maximum atomic E-state index is 13.4. The van der Waals surface area contributed by atoms with Crippen molar-refractivity contribution in [3.8, 4) is 0 Å². The van der Waals surface area contributed by atoms with Crippen LogP contribution in [0.15, 0.2) is 77.7 Å². The van der Waals surface area contributed by atoms with Crippen LogP contribution in [0.25, 0.3) is 0 Å². The number of nitrogens with one attached hydrogen (secondary N) is 1. The average Bonchev–Trinajstić information content (AvgIpc) is 2.81. The van der Waals surface area contributed by atoms with Crippen molar-refractivity contribution in [1.29, 1.82) is 0 Å². The number of hydrogen-bond donors (Lipinski definition) is 1. The monoisotopic (exact) mass is 502 g/mol. The Morgan fingerprint density at radius 1 is 0.970 bits per heavy atom. The van der Waals surface area contributed by atoms with Gasteiger partial charge in [0.2, 0.25) is 5.91 Å². The van der Waals surface area contributed by atoms with Crippen molar-refractivity contribution in [2.45, 2.75) is 24.5 Å². The van der Waals surface area contributed by atoms with Gasteiger partial charge < -0.3 is 5.32 Å². The molecule has 1 amide bonds. The number of hydrogen-bond acceptors (Lipinski definition) is 4. The molecule has 0 aliphatic heterocycles. The number of benzene rings is 3. The second-order valence-corrected chi connectivity index (χ2v) is 11.0. The summed E-state index contributed by atoms with van der Waals surface area (Å²) >= 11 is 7.82. The van der Waals surface area contributed by atoms with E-state index >= 15 is 0 Å². The normalized spacial score (nSPS) is 11.2. The number of carbonyl (C=O) groups is 1. The number of thioether (sulfide) groups is 1. The zero-order valence-corrected chi connectivity index (χ0v) is 21.0. The molecule has 33 heavy (non-hydrogen) atoms. The minimum atomic E-state index is -3.90. The van der Waals surface area contributed by atoms with Crippen LogP contribution in [-0.4, -0.2) is 33.2 Å². The van der Waals surface area contributed by atoms with E-state index in [-0.39, 0.29) is 17.3 Å². The van der Waals surface area contributed by atoms with Gasteiger partial charge in [0, 0.05) is 23.1 Å². The maximum absolute atomic E-state index is 13.4. The highest BCUT2D eigenvalue weighted by Gasteiger charge is 2.27. The first-order chi connectivity index (χ1) is 15.8. The minimum Gasteiger partial charge on any atom is -0.354 e. The van der Waals surface area contributed by atoms with Crippen LogP contribution in [0.1, 0.15) is 16.7 Å². The third-order valence-corrected chi connectivity index (χ3v) is 8.35. The molecule has 0 saturated carbocycles. The van der Waals surface area contributed by atoms with Crippen LogP contribution in [0.3, 0.4) is 0 Å². The molecule has 0 fully saturated rings. The number of anilines is 1. The zero-order chi connectivity index (χ0) is 23.8. The molecule has 0 aromatic heterocycles. The van der Waals surface area contributed by atoms with E-state index in [9.17, 15) is 13.2 Å². The molecule has 0 aliphatic carbocycles. The van der Waals surface area contributed by atoms with Gasteiger partial charge in [-0.2, -0.15) is 11.8 Å². The van der Waals surface area contributed by atoms with Crippen LogP contribution >= 0.6 is 23.4 Å². The zero-order valence-electron chi connectivity index (χ0n) is 18.6. The fraction of sp³-hybridized carbons (Fsp3) is 0.240. The van der Waals surface area contributed by atoms with Gasteiger partial charge in [-0.1, -0.05) is 54.1 Å². The Bertz CT molecular complexity index is 1200. The van der Waals surface area contributed by atoms with Crippen molar-refractivity contribution in [3.05, 3.63) is 94.5 Å². The van der Waals surface area contributed by atoms with E-state index in [0.29, 0.717) is 18.0 Å². The van der Waals surface area contributed by atoms with Crippen molar-refractivity contribution < 1.29 is 13.2 Å². The van der Waals surface area contributed by atoms with Crippen LogP contribution in [0.4, 0.5) is 5.69 Å². The van der Waals surface area contributed by atoms with Crippen molar-refractivity contribution in [2.24, 2.45) is 0 Å². The SMILES string of the molecule is Cc1ccc(N(CC(=O)NCCSCc2ccccc2Cl)S(=O)(=O)c2ccccc2)cc1C. The predicted molar refractivity (Wildman–Crippen MR) is 138 cm³/mol. The van der Waals surface area contributed by atoms with Crippen LogP contribution in [0.5, 0.6) is 0 Å². The highest BCUT2D eigenvalue weighted by molar-refractivity contribution is 7.98. The second kappa shape index (κ2) is 11.6. The van der Waals surface area contributed by atoms with Gasteiger partial charge in [0.1, 0.15) is 6.54 Å². The van der Waals surface area contributed by atoms with Gasteiger partial charge in [0.05, 0.1) is 10.6 Å². The molecular weight excluding hydrogens is 476 g/mol. The van der Waals surface area contributed by atoms with E-state index in [1.54, 1.807) is 42.1 Å². The highest BCUT2D eigenvalue weighted by atomic mass is 35.5. The molecule has 0 saturated heterocycles. The molecule has 0 unspecified atom stereocenters. The molecule has 8 heteroatoms. The van der Waals surface area contributed by atoms with Gasteiger partial charge in [-0.15, -0.1) is 0 Å². The number of aryl methyl sites for hydroxylation is 2. The Balaban J connectivity index is 1.66. The van der Waals surface area contributed by atoms with Crippen molar-refractivity contribution in [2.75, 3.05) is 23.1 Å². The summed E-state index contributed by atoms with van der Waals surface area (Å²) in [6, 6.07) is 21.2. The smallest absolute Gasteiger partial charge is 0.264 e. The largest absolute Gasteiger partial charge is 0.354 e. The minimum absolute atomic E-state index is 0.145. The molecule has 3 aromatic carbocycles. The summed E-state index contributed by atoms with van der Waals surface area (Å²) in [6.07, 6.45) is 0. The Labute approximate surface area is 205 Å². The summed E-state index contributed by atoms with van der Waals surface area (Å²) < 4.78 is 27.9. The number of halogens is 1. The molecule has 3 rings (SSSR count). The fourth-order valence-corrected chi connectivity index (χ4v) is 5.74. The lowest BCUT2D eigenvalue weighted by molar-refractivity contribution is -0.119. The molecule has 5 nitrogen and oxygen atoms in total. The van der Waals surface area contributed by atoms with Gasteiger partial charge in [-0.05, 0) is 60.9 Å². The van der Waals surface area contributed by atoms with Gasteiger partial charge in [-0.25, -0.2) is 8.42 Å². The quantitative estimate of drug-likeness (QED) is 0.387. The van der Waals surface area contributed by atoms with Gasteiger partial charge in [0.25, 0.3) is 10.0 Å². The van der Waals surface area contributed by atoms with Gasteiger partial charge in [-0.3, -0.25) is 9.10 Å². The predicted octanol–water partition coefficient (Wildman–Crippen LogP) is 5.20. The van der Waals surface area contributed by atoms with Crippen LogP contribution in [0, 0.1) is 13.8 Å². The lowest BCUT2D eigenvalue weighted by Crippen LogP contribution is -2.41. The topological polar surface area (TPSA) is 66.5 Å². The molecular formula is C25H27ClN2O3S2. The maximum Gasteiger partial charge on any atom is 0.264 e. The third kappa shape index (κ3) is 6.76. The first-order valence-corrected chi connectivity index (χ1v) is 13.5. The Kier molecular flexibility index (Phi) is 8.83. The molecule has 0 aliphatic rings. The second-order valence-electron chi connectivity index (χ2n) is 7.59. The van der Waals surface area contributed by atoms with E-state index in [1.165, 1.54) is 16.4 Å². The number of rotatable bonds is 10. The lowest BCUT2D eigenvalue weighted by atomic mass is 10.1. The number of amides is 1. The van der Waals surface area contributed by atoms with Crippen molar-refractivity contribution >= 4 is 45.0 Å². The van der Waals surface area contributed by atoms with Crippen molar-refractivity contribution in [1.82, 2.24) is 5.32 Å². The number of sulfonamides is 1. The number of carbonyl (C=O) groups excluding carboxylic acids is 1. The standard InChI is InChI=1S/C25H27ClN2O3S2/c1-19-12-13-22(16-20(19)2)28(33(30,31)23-9-4-3-5-10-23)17-25(29)27-14-15-32-18-21-8-6-7-11-24(21)26/h3-13,16H,14-15,17-18H2,1-2H3,(H,27,29). The first-order valence-electron chi connectivity index (χ1n) is 10.5. The van der Waals surface area contributed by atoms with Crippen LogP contribution < -0.4 is 9.62 Å².